The van der Waals surface area contributed by atoms with Crippen LogP contribution in [0.15, 0.2) is 47.0 Å². The summed E-state index contributed by atoms with van der Waals surface area (Å²) in [5.74, 6) is 0.425. The second-order valence-corrected chi connectivity index (χ2v) is 6.69. The first kappa shape index (κ1) is 20.5. The summed E-state index contributed by atoms with van der Waals surface area (Å²) >= 11 is 5.84. The minimum absolute atomic E-state index is 0.100. The summed E-state index contributed by atoms with van der Waals surface area (Å²) in [7, 11) is 1.63. The Morgan fingerprint density at radius 1 is 1.17 bits per heavy atom. The number of aromatic nitrogens is 2. The molecule has 3 aromatic rings. The maximum Gasteiger partial charge on any atom is 0.291 e. The predicted octanol–water partition coefficient (Wildman–Crippen LogP) is 3.64. The van der Waals surface area contributed by atoms with Gasteiger partial charge in [-0.1, -0.05) is 18.5 Å². The number of nitrogens with one attached hydrogen (secondary N) is 2. The normalized spacial score (nSPS) is 10.6. The summed E-state index contributed by atoms with van der Waals surface area (Å²) in [6.07, 6.45) is 2.23. The van der Waals surface area contributed by atoms with Gasteiger partial charge in [-0.25, -0.2) is 0 Å². The minimum atomic E-state index is -0.486. The number of aryl methyl sites for hydroxylation is 1. The summed E-state index contributed by atoms with van der Waals surface area (Å²) < 4.78 is 12.6. The van der Waals surface area contributed by atoms with Gasteiger partial charge in [0.15, 0.2) is 5.76 Å². The van der Waals surface area contributed by atoms with Crippen LogP contribution in [-0.2, 0) is 13.7 Å². The molecule has 9 heteroatoms. The second kappa shape index (κ2) is 9.29. The lowest BCUT2D eigenvalue weighted by Gasteiger charge is -2.07. The van der Waals surface area contributed by atoms with E-state index in [2.05, 4.69) is 15.7 Å². The van der Waals surface area contributed by atoms with Crippen LogP contribution in [0.4, 0.5) is 5.69 Å². The van der Waals surface area contributed by atoms with E-state index in [1.54, 1.807) is 43.4 Å². The number of amides is 2. The molecule has 8 nitrogen and oxygen atoms in total. The van der Waals surface area contributed by atoms with Crippen molar-refractivity contribution < 1.29 is 18.7 Å². The van der Waals surface area contributed by atoms with Crippen LogP contribution in [0.3, 0.4) is 0 Å². The highest BCUT2D eigenvalue weighted by Gasteiger charge is 2.20. The molecule has 152 valence electrons. The molecule has 0 aliphatic carbocycles. The van der Waals surface area contributed by atoms with Crippen molar-refractivity contribution in [2.24, 2.45) is 7.05 Å². The monoisotopic (exact) mass is 416 g/mol. The number of carbonyl (C=O) groups is 2. The van der Waals surface area contributed by atoms with E-state index in [1.807, 2.05) is 6.92 Å². The molecular weight excluding hydrogens is 396 g/mol. The van der Waals surface area contributed by atoms with E-state index in [-0.39, 0.29) is 24.0 Å². The predicted molar refractivity (Wildman–Crippen MR) is 108 cm³/mol. The SMILES string of the molecule is CCCNC(=O)c1c(NC(=O)c2ccc(COc3ccc(Cl)cc3)o2)cnn1C. The Morgan fingerprint density at radius 2 is 1.93 bits per heavy atom. The van der Waals surface area contributed by atoms with Crippen molar-refractivity contribution in [3.05, 3.63) is 64.8 Å². The zero-order valence-corrected chi connectivity index (χ0v) is 16.8. The number of nitrogens with zero attached hydrogens (tertiary/aromatic N) is 2. The highest BCUT2D eigenvalue weighted by Crippen LogP contribution is 2.19. The molecule has 0 unspecified atom stereocenters. The zero-order valence-electron chi connectivity index (χ0n) is 16.1. The molecule has 2 heterocycles. The van der Waals surface area contributed by atoms with Crippen LogP contribution >= 0.6 is 11.6 Å². The average molecular weight is 417 g/mol. The Balaban J connectivity index is 1.63. The van der Waals surface area contributed by atoms with Crippen LogP contribution in [0.1, 0.15) is 40.1 Å². The molecule has 2 amide bonds. The van der Waals surface area contributed by atoms with Gasteiger partial charge in [-0.15, -0.1) is 0 Å². The molecule has 0 radical (unpaired) electrons. The van der Waals surface area contributed by atoms with Gasteiger partial charge < -0.3 is 19.8 Å². The number of rotatable bonds is 8. The van der Waals surface area contributed by atoms with E-state index in [4.69, 9.17) is 20.8 Å². The number of hydrogen-bond acceptors (Lipinski definition) is 5. The Labute approximate surface area is 172 Å². The maximum atomic E-state index is 12.5. The molecule has 0 spiro atoms. The van der Waals surface area contributed by atoms with E-state index in [1.165, 1.54) is 10.9 Å². The Hall–Kier alpha value is -3.26. The molecule has 0 saturated heterocycles. The van der Waals surface area contributed by atoms with Crippen LogP contribution in [0, 0.1) is 0 Å². The molecule has 2 aromatic heterocycles. The number of hydrogen-bond donors (Lipinski definition) is 2. The van der Waals surface area contributed by atoms with Gasteiger partial charge in [0.05, 0.1) is 11.9 Å². The number of carbonyl (C=O) groups excluding carboxylic acids is 2. The van der Waals surface area contributed by atoms with Crippen LogP contribution in [0.2, 0.25) is 5.02 Å². The van der Waals surface area contributed by atoms with E-state index < -0.39 is 5.91 Å². The fourth-order valence-electron chi connectivity index (χ4n) is 2.57. The lowest BCUT2D eigenvalue weighted by molar-refractivity contribution is 0.0945. The highest BCUT2D eigenvalue weighted by atomic mass is 35.5. The molecular formula is C20H21ClN4O4. The van der Waals surface area contributed by atoms with Crippen molar-refractivity contribution in [1.82, 2.24) is 15.1 Å². The maximum absolute atomic E-state index is 12.5. The van der Waals surface area contributed by atoms with Gasteiger partial charge >= 0.3 is 0 Å². The average Bonchev–Trinajstić information content (AvgIpc) is 3.32. The second-order valence-electron chi connectivity index (χ2n) is 6.25. The summed E-state index contributed by atoms with van der Waals surface area (Å²) in [5, 5.41) is 10.1. The Kier molecular flexibility index (Phi) is 6.56. The van der Waals surface area contributed by atoms with E-state index in [0.29, 0.717) is 28.8 Å². The molecule has 0 fully saturated rings. The first-order valence-electron chi connectivity index (χ1n) is 9.06. The quantitative estimate of drug-likeness (QED) is 0.584. The zero-order chi connectivity index (χ0) is 20.8. The van der Waals surface area contributed by atoms with E-state index >= 15 is 0 Å². The molecule has 0 aliphatic heterocycles. The number of halogens is 1. The van der Waals surface area contributed by atoms with Crippen molar-refractivity contribution in [3.8, 4) is 5.75 Å². The van der Waals surface area contributed by atoms with Gasteiger partial charge in [-0.05, 0) is 42.8 Å². The molecule has 0 bridgehead atoms. The lowest BCUT2D eigenvalue weighted by atomic mass is 10.3. The highest BCUT2D eigenvalue weighted by molar-refractivity contribution is 6.30. The lowest BCUT2D eigenvalue weighted by Crippen LogP contribution is -2.27. The van der Waals surface area contributed by atoms with Crippen LogP contribution in [0.25, 0.3) is 0 Å². The summed E-state index contributed by atoms with van der Waals surface area (Å²) in [6, 6.07) is 10.1. The standard InChI is InChI=1S/C20H21ClN4O4/c1-3-10-22-20(27)18-16(11-23-25(18)2)24-19(26)17-9-8-15(29-17)12-28-14-6-4-13(21)5-7-14/h4-9,11H,3,10,12H2,1-2H3,(H,22,27)(H,24,26). The number of ether oxygens (including phenoxy) is 1. The largest absolute Gasteiger partial charge is 0.486 e. The van der Waals surface area contributed by atoms with E-state index in [9.17, 15) is 9.59 Å². The number of anilines is 1. The van der Waals surface area contributed by atoms with Crippen molar-refractivity contribution >= 4 is 29.1 Å². The summed E-state index contributed by atoms with van der Waals surface area (Å²) in [5.41, 5.74) is 0.575. The molecule has 3 rings (SSSR count). The van der Waals surface area contributed by atoms with Crippen molar-refractivity contribution in [1.29, 1.82) is 0 Å². The third-order valence-corrected chi connectivity index (χ3v) is 4.27. The van der Waals surface area contributed by atoms with Crippen LogP contribution in [-0.4, -0.2) is 28.1 Å². The minimum Gasteiger partial charge on any atom is -0.486 e. The first-order valence-corrected chi connectivity index (χ1v) is 9.44. The van der Waals surface area contributed by atoms with Gasteiger partial charge in [0.25, 0.3) is 11.8 Å². The Morgan fingerprint density at radius 3 is 2.66 bits per heavy atom. The molecule has 2 N–H and O–H groups in total. The molecule has 29 heavy (non-hydrogen) atoms. The summed E-state index contributed by atoms with van der Waals surface area (Å²) in [4.78, 5) is 24.8. The smallest absolute Gasteiger partial charge is 0.291 e. The van der Waals surface area contributed by atoms with Crippen molar-refractivity contribution in [2.75, 3.05) is 11.9 Å². The first-order chi connectivity index (χ1) is 14.0. The van der Waals surface area contributed by atoms with E-state index in [0.717, 1.165) is 6.42 Å². The third kappa shape index (κ3) is 5.17. The van der Waals surface area contributed by atoms with Crippen molar-refractivity contribution in [3.63, 3.8) is 0 Å². The number of benzene rings is 1. The molecule has 0 aliphatic rings. The van der Waals surface area contributed by atoms with Gasteiger partial charge in [-0.2, -0.15) is 5.10 Å². The van der Waals surface area contributed by atoms with Gasteiger partial charge in [0.1, 0.15) is 23.8 Å². The molecule has 1 aromatic carbocycles. The van der Waals surface area contributed by atoms with Crippen LogP contribution in [0.5, 0.6) is 5.75 Å². The topological polar surface area (TPSA) is 98.4 Å². The fourth-order valence-corrected chi connectivity index (χ4v) is 2.69. The fraction of sp³-hybridized carbons (Fsp3) is 0.250. The van der Waals surface area contributed by atoms with Gasteiger partial charge in [-0.3, -0.25) is 14.3 Å². The van der Waals surface area contributed by atoms with Gasteiger partial charge in [0.2, 0.25) is 0 Å². The van der Waals surface area contributed by atoms with Crippen molar-refractivity contribution in [2.45, 2.75) is 20.0 Å². The van der Waals surface area contributed by atoms with Crippen LogP contribution < -0.4 is 15.4 Å². The molecule has 0 atom stereocenters. The Bertz CT molecular complexity index is 994. The number of furan rings is 1. The molecule has 0 saturated carbocycles. The third-order valence-electron chi connectivity index (χ3n) is 4.02. The van der Waals surface area contributed by atoms with Gasteiger partial charge in [0, 0.05) is 18.6 Å². The summed E-state index contributed by atoms with van der Waals surface area (Å²) in [6.45, 7) is 2.65.